The van der Waals surface area contributed by atoms with Gasteiger partial charge in [-0.1, -0.05) is 13.5 Å². The van der Waals surface area contributed by atoms with Gasteiger partial charge in [0.15, 0.2) is 10.7 Å². The van der Waals surface area contributed by atoms with Crippen LogP contribution in [0.5, 0.6) is 0 Å². The van der Waals surface area contributed by atoms with Gasteiger partial charge in [-0.3, -0.25) is 0 Å². The molecule has 0 radical (unpaired) electrons. The van der Waals surface area contributed by atoms with Crippen molar-refractivity contribution in [2.45, 2.75) is 13.3 Å². The minimum Gasteiger partial charge on any atom is -0.227 e. The van der Waals surface area contributed by atoms with Crippen LogP contribution in [0.2, 0.25) is 0 Å². The van der Waals surface area contributed by atoms with Crippen LogP contribution in [-0.4, -0.2) is 8.42 Å². The normalized spacial score (nSPS) is 9.43. The SMILES string of the molecule is C=C(CC)[SH](=O)=O. The summed E-state index contributed by atoms with van der Waals surface area (Å²) in [5, 5.41) is 0. The van der Waals surface area contributed by atoms with Gasteiger partial charge in [0, 0.05) is 4.91 Å². The highest BCUT2D eigenvalue weighted by Gasteiger charge is 1.86. The van der Waals surface area contributed by atoms with Crippen molar-refractivity contribution >= 4 is 10.7 Å². The third-order valence-electron chi connectivity index (χ3n) is 0.666. The van der Waals surface area contributed by atoms with E-state index in [0.717, 1.165) is 0 Å². The van der Waals surface area contributed by atoms with Crippen LogP contribution >= 0.6 is 0 Å². The van der Waals surface area contributed by atoms with Crippen LogP contribution < -0.4 is 0 Å². The van der Waals surface area contributed by atoms with E-state index < -0.39 is 10.7 Å². The summed E-state index contributed by atoms with van der Waals surface area (Å²) in [5.74, 6) is 0. The quantitative estimate of drug-likeness (QED) is 0.539. The Morgan fingerprint density at radius 2 is 2.14 bits per heavy atom. The Hall–Kier alpha value is -0.310. The molecule has 42 valence electrons. The molecule has 7 heavy (non-hydrogen) atoms. The third kappa shape index (κ3) is 2.39. The molecule has 0 heterocycles. The van der Waals surface area contributed by atoms with Gasteiger partial charge in [-0.15, -0.1) is 0 Å². The first kappa shape index (κ1) is 6.69. The number of thiol groups is 1. The lowest BCUT2D eigenvalue weighted by Crippen LogP contribution is -1.76. The summed E-state index contributed by atoms with van der Waals surface area (Å²) in [7, 11) is -2.36. The Kier molecular flexibility index (Phi) is 2.67. The van der Waals surface area contributed by atoms with Gasteiger partial charge in [0.25, 0.3) is 0 Å². The summed E-state index contributed by atoms with van der Waals surface area (Å²) < 4.78 is 19.7. The summed E-state index contributed by atoms with van der Waals surface area (Å²) in [4.78, 5) is 0.301. The van der Waals surface area contributed by atoms with Gasteiger partial charge in [-0.25, -0.2) is 8.42 Å². The van der Waals surface area contributed by atoms with Gasteiger partial charge in [-0.05, 0) is 6.42 Å². The molecular formula is C4H8O2S. The molecule has 0 aromatic heterocycles. The maximum absolute atomic E-state index is 9.87. The van der Waals surface area contributed by atoms with Gasteiger partial charge in [0.05, 0.1) is 0 Å². The second-order valence-corrected chi connectivity index (χ2v) is 2.32. The van der Waals surface area contributed by atoms with Crippen LogP contribution in [0, 0.1) is 0 Å². The van der Waals surface area contributed by atoms with E-state index in [0.29, 0.717) is 11.3 Å². The Morgan fingerprint density at radius 1 is 1.71 bits per heavy atom. The summed E-state index contributed by atoms with van der Waals surface area (Å²) in [6.07, 6.45) is 0.526. The largest absolute Gasteiger partial charge is 0.227 e. The zero-order valence-corrected chi connectivity index (χ0v) is 5.07. The van der Waals surface area contributed by atoms with Crippen LogP contribution in [0.3, 0.4) is 0 Å². The van der Waals surface area contributed by atoms with E-state index in [9.17, 15) is 8.42 Å². The molecule has 0 saturated heterocycles. The Bertz CT molecular complexity index is 127. The van der Waals surface area contributed by atoms with E-state index in [1.54, 1.807) is 6.92 Å². The molecule has 0 fully saturated rings. The monoisotopic (exact) mass is 120 g/mol. The van der Waals surface area contributed by atoms with Crippen LogP contribution in [0.4, 0.5) is 0 Å². The van der Waals surface area contributed by atoms with Crippen LogP contribution in [0.15, 0.2) is 11.5 Å². The molecule has 0 aromatic carbocycles. The second kappa shape index (κ2) is 2.80. The molecule has 3 heteroatoms. The molecule has 0 amide bonds. The van der Waals surface area contributed by atoms with Crippen molar-refractivity contribution < 1.29 is 8.42 Å². The van der Waals surface area contributed by atoms with Gasteiger partial charge in [0.1, 0.15) is 0 Å². The van der Waals surface area contributed by atoms with Gasteiger partial charge in [0.2, 0.25) is 0 Å². The van der Waals surface area contributed by atoms with E-state index in [-0.39, 0.29) is 0 Å². The topological polar surface area (TPSA) is 34.1 Å². The summed E-state index contributed by atoms with van der Waals surface area (Å²) in [5.41, 5.74) is 0. The fourth-order valence-electron chi connectivity index (χ4n) is 0.129. The van der Waals surface area contributed by atoms with E-state index in [1.807, 2.05) is 0 Å². The van der Waals surface area contributed by atoms with Crippen molar-refractivity contribution in [1.82, 2.24) is 0 Å². The Labute approximate surface area is 44.8 Å². The second-order valence-electron chi connectivity index (χ2n) is 1.18. The average Bonchev–Trinajstić information content (AvgIpc) is 1.65. The molecule has 0 rings (SSSR count). The summed E-state index contributed by atoms with van der Waals surface area (Å²) in [6.45, 7) is 5.03. The van der Waals surface area contributed by atoms with Crippen molar-refractivity contribution in [2.75, 3.05) is 0 Å². The Morgan fingerprint density at radius 3 is 2.14 bits per heavy atom. The maximum Gasteiger partial charge on any atom is 0.163 e. The molecule has 0 saturated carbocycles. The average molecular weight is 120 g/mol. The molecule has 0 aliphatic carbocycles. The fraction of sp³-hybridized carbons (Fsp3) is 0.500. The highest BCUT2D eigenvalue weighted by atomic mass is 32.2. The molecule has 0 atom stereocenters. The maximum atomic E-state index is 9.87. The molecule has 0 bridgehead atoms. The molecule has 0 unspecified atom stereocenters. The molecule has 0 aromatic rings. The molecule has 0 spiro atoms. The first-order valence-electron chi connectivity index (χ1n) is 2.00. The first-order chi connectivity index (χ1) is 3.18. The highest BCUT2D eigenvalue weighted by molar-refractivity contribution is 7.76. The summed E-state index contributed by atoms with van der Waals surface area (Å²) >= 11 is 0. The fourth-order valence-corrected chi connectivity index (χ4v) is 0.387. The number of hydrogen-bond acceptors (Lipinski definition) is 2. The predicted octanol–water partition coefficient (Wildman–Crippen LogP) is 0.522. The number of hydrogen-bond donors (Lipinski definition) is 1. The minimum absolute atomic E-state index is 0.301. The molecule has 0 N–H and O–H groups in total. The lowest BCUT2D eigenvalue weighted by atomic mass is 10.5. The third-order valence-corrected chi connectivity index (χ3v) is 1.50. The van der Waals surface area contributed by atoms with Crippen molar-refractivity contribution in [1.29, 1.82) is 0 Å². The van der Waals surface area contributed by atoms with E-state index in [4.69, 9.17) is 0 Å². The highest BCUT2D eigenvalue weighted by Crippen LogP contribution is 1.93. The smallest absolute Gasteiger partial charge is 0.163 e. The Balaban J connectivity index is 3.83. The van der Waals surface area contributed by atoms with Gasteiger partial charge in [-0.2, -0.15) is 0 Å². The zero-order valence-electron chi connectivity index (χ0n) is 4.18. The van der Waals surface area contributed by atoms with Crippen molar-refractivity contribution in [3.8, 4) is 0 Å². The number of rotatable bonds is 2. The molecular weight excluding hydrogens is 112 g/mol. The van der Waals surface area contributed by atoms with Gasteiger partial charge >= 0.3 is 0 Å². The van der Waals surface area contributed by atoms with E-state index >= 15 is 0 Å². The lowest BCUT2D eigenvalue weighted by molar-refractivity contribution is 0.618. The van der Waals surface area contributed by atoms with E-state index in [2.05, 4.69) is 6.58 Å². The molecule has 2 nitrogen and oxygen atoms in total. The van der Waals surface area contributed by atoms with Crippen LogP contribution in [0.25, 0.3) is 0 Å². The summed E-state index contributed by atoms with van der Waals surface area (Å²) in [6, 6.07) is 0. The van der Waals surface area contributed by atoms with Crippen molar-refractivity contribution in [3.05, 3.63) is 11.5 Å². The van der Waals surface area contributed by atoms with Crippen LogP contribution in [-0.2, 0) is 10.7 Å². The van der Waals surface area contributed by atoms with Crippen LogP contribution in [0.1, 0.15) is 13.3 Å². The molecule has 0 aliphatic rings. The van der Waals surface area contributed by atoms with E-state index in [1.165, 1.54) is 0 Å². The molecule has 0 aliphatic heterocycles. The van der Waals surface area contributed by atoms with Crippen molar-refractivity contribution in [3.63, 3.8) is 0 Å². The number of allylic oxidation sites excluding steroid dienone is 1. The lowest BCUT2D eigenvalue weighted by Gasteiger charge is -1.81. The standard InChI is InChI=1S/C4H8O2S/c1-3-4(2)7(5)6/h7H,2-3H2,1H3. The minimum atomic E-state index is -2.36. The van der Waals surface area contributed by atoms with Gasteiger partial charge < -0.3 is 0 Å². The van der Waals surface area contributed by atoms with Crippen molar-refractivity contribution in [2.24, 2.45) is 0 Å². The zero-order chi connectivity index (χ0) is 5.86. The predicted molar refractivity (Wildman–Crippen MR) is 29.7 cm³/mol. The first-order valence-corrected chi connectivity index (χ1v) is 3.18.